The van der Waals surface area contributed by atoms with Crippen LogP contribution in [0.15, 0.2) is 24.3 Å². The van der Waals surface area contributed by atoms with Gasteiger partial charge in [0.05, 0.1) is 6.61 Å². The number of ether oxygens (including phenoxy) is 1. The predicted molar refractivity (Wildman–Crippen MR) is 64.7 cm³/mol. The van der Waals surface area contributed by atoms with Crippen molar-refractivity contribution < 1.29 is 14.3 Å². The van der Waals surface area contributed by atoms with Crippen molar-refractivity contribution >= 4 is 17.5 Å². The van der Waals surface area contributed by atoms with Crippen molar-refractivity contribution in [3.05, 3.63) is 24.3 Å². The Morgan fingerprint density at radius 3 is 2.41 bits per heavy atom. The number of hydrogen-bond donors (Lipinski definition) is 2. The van der Waals surface area contributed by atoms with E-state index in [2.05, 4.69) is 5.32 Å². The van der Waals surface area contributed by atoms with Crippen LogP contribution >= 0.6 is 0 Å². The zero-order valence-corrected chi connectivity index (χ0v) is 9.73. The van der Waals surface area contributed by atoms with Gasteiger partial charge in [0, 0.05) is 18.5 Å². The Balaban J connectivity index is 2.45. The Hall–Kier alpha value is -2.04. The summed E-state index contributed by atoms with van der Waals surface area (Å²) in [7, 11) is 0. The largest absolute Gasteiger partial charge is 0.494 e. The molecule has 3 N–H and O–H groups in total. The normalized spacial score (nSPS) is 9.71. The molecule has 0 aromatic heterocycles. The molecule has 0 unspecified atom stereocenters. The van der Waals surface area contributed by atoms with E-state index < -0.39 is 5.91 Å². The fourth-order valence-corrected chi connectivity index (χ4v) is 1.26. The molecule has 0 saturated carbocycles. The molecular formula is C12H16N2O3. The van der Waals surface area contributed by atoms with Gasteiger partial charge in [-0.15, -0.1) is 0 Å². The fraction of sp³-hybridized carbons (Fsp3) is 0.333. The van der Waals surface area contributed by atoms with Crippen LogP contribution in [0.3, 0.4) is 0 Å². The van der Waals surface area contributed by atoms with Crippen LogP contribution in [0.2, 0.25) is 0 Å². The average Bonchev–Trinajstić information content (AvgIpc) is 2.29. The lowest BCUT2D eigenvalue weighted by molar-refractivity contribution is -0.122. The summed E-state index contributed by atoms with van der Waals surface area (Å²) in [6, 6.07) is 7.03. The van der Waals surface area contributed by atoms with Crippen molar-refractivity contribution in [3.8, 4) is 5.75 Å². The topological polar surface area (TPSA) is 81.4 Å². The van der Waals surface area contributed by atoms with E-state index in [9.17, 15) is 9.59 Å². The van der Waals surface area contributed by atoms with E-state index in [0.717, 1.165) is 5.75 Å². The van der Waals surface area contributed by atoms with Crippen molar-refractivity contribution in [1.29, 1.82) is 0 Å². The summed E-state index contributed by atoms with van der Waals surface area (Å²) in [5.41, 5.74) is 5.62. The molecule has 0 saturated heterocycles. The molecule has 1 aromatic carbocycles. The molecule has 0 spiro atoms. The third-order valence-corrected chi connectivity index (χ3v) is 2.05. The van der Waals surface area contributed by atoms with Crippen LogP contribution in [0.5, 0.6) is 5.75 Å². The predicted octanol–water partition coefficient (Wildman–Crippen LogP) is 1.29. The summed E-state index contributed by atoms with van der Waals surface area (Å²) >= 11 is 0. The van der Waals surface area contributed by atoms with Gasteiger partial charge in [-0.1, -0.05) is 0 Å². The van der Waals surface area contributed by atoms with Gasteiger partial charge >= 0.3 is 0 Å². The van der Waals surface area contributed by atoms with E-state index >= 15 is 0 Å². The van der Waals surface area contributed by atoms with Crippen LogP contribution in [0, 0.1) is 0 Å². The second-order valence-corrected chi connectivity index (χ2v) is 3.47. The van der Waals surface area contributed by atoms with Gasteiger partial charge in [0.1, 0.15) is 5.75 Å². The Kier molecular flexibility index (Phi) is 5.00. The number of primary amides is 1. The van der Waals surface area contributed by atoms with Gasteiger partial charge in [0.2, 0.25) is 11.8 Å². The number of rotatable bonds is 6. The van der Waals surface area contributed by atoms with E-state index in [1.54, 1.807) is 24.3 Å². The molecule has 92 valence electrons. The zero-order valence-electron chi connectivity index (χ0n) is 9.73. The summed E-state index contributed by atoms with van der Waals surface area (Å²) in [4.78, 5) is 21.9. The Labute approximate surface area is 99.9 Å². The number of amides is 2. The first kappa shape index (κ1) is 13.0. The number of carbonyl (C=O) groups excluding carboxylic acids is 2. The van der Waals surface area contributed by atoms with E-state index in [1.165, 1.54) is 0 Å². The first-order valence-corrected chi connectivity index (χ1v) is 5.43. The minimum Gasteiger partial charge on any atom is -0.494 e. The summed E-state index contributed by atoms with van der Waals surface area (Å²) in [6.07, 6.45) is 0.158. The standard InChI is InChI=1S/C12H16N2O3/c1-2-17-10-5-3-9(4-6-10)14-12(16)8-7-11(13)15/h3-6H,2,7-8H2,1H3,(H2,13,15)(H,14,16). The highest BCUT2D eigenvalue weighted by atomic mass is 16.5. The maximum absolute atomic E-state index is 11.4. The summed E-state index contributed by atoms with van der Waals surface area (Å²) < 4.78 is 5.27. The quantitative estimate of drug-likeness (QED) is 0.780. The van der Waals surface area contributed by atoms with Gasteiger partial charge in [0.25, 0.3) is 0 Å². The molecule has 0 fully saturated rings. The van der Waals surface area contributed by atoms with Crippen molar-refractivity contribution in [2.45, 2.75) is 19.8 Å². The van der Waals surface area contributed by atoms with E-state index in [-0.39, 0.29) is 18.7 Å². The maximum atomic E-state index is 11.4. The van der Waals surface area contributed by atoms with Crippen molar-refractivity contribution in [2.75, 3.05) is 11.9 Å². The molecule has 0 bridgehead atoms. The van der Waals surface area contributed by atoms with Crippen LogP contribution in [0.4, 0.5) is 5.69 Å². The highest BCUT2D eigenvalue weighted by molar-refractivity contribution is 5.92. The van der Waals surface area contributed by atoms with Gasteiger partial charge in [-0.05, 0) is 31.2 Å². The molecule has 5 nitrogen and oxygen atoms in total. The molecule has 0 heterocycles. The fourth-order valence-electron chi connectivity index (χ4n) is 1.26. The highest BCUT2D eigenvalue weighted by Crippen LogP contribution is 2.15. The lowest BCUT2D eigenvalue weighted by Gasteiger charge is -2.06. The monoisotopic (exact) mass is 236 g/mol. The number of nitrogens with two attached hydrogens (primary N) is 1. The van der Waals surface area contributed by atoms with Crippen LogP contribution in [-0.4, -0.2) is 18.4 Å². The van der Waals surface area contributed by atoms with Crippen molar-refractivity contribution in [2.24, 2.45) is 5.73 Å². The molecule has 5 heteroatoms. The van der Waals surface area contributed by atoms with Gasteiger partial charge in [-0.2, -0.15) is 0 Å². The highest BCUT2D eigenvalue weighted by Gasteiger charge is 2.04. The Morgan fingerprint density at radius 2 is 1.88 bits per heavy atom. The molecule has 0 aliphatic rings. The lowest BCUT2D eigenvalue weighted by Crippen LogP contribution is -2.17. The molecule has 17 heavy (non-hydrogen) atoms. The maximum Gasteiger partial charge on any atom is 0.224 e. The minimum absolute atomic E-state index is 0.0584. The van der Waals surface area contributed by atoms with E-state index in [4.69, 9.17) is 10.5 Å². The summed E-state index contributed by atoms with van der Waals surface area (Å²) in [5, 5.41) is 2.66. The Morgan fingerprint density at radius 1 is 1.24 bits per heavy atom. The molecular weight excluding hydrogens is 220 g/mol. The molecule has 2 amide bonds. The summed E-state index contributed by atoms with van der Waals surface area (Å²) in [6.45, 7) is 2.50. The number of hydrogen-bond acceptors (Lipinski definition) is 3. The third-order valence-electron chi connectivity index (χ3n) is 2.05. The number of benzene rings is 1. The van der Waals surface area contributed by atoms with Crippen LogP contribution < -0.4 is 15.8 Å². The van der Waals surface area contributed by atoms with Crippen LogP contribution in [-0.2, 0) is 9.59 Å². The zero-order chi connectivity index (χ0) is 12.7. The molecule has 1 rings (SSSR count). The van der Waals surface area contributed by atoms with E-state index in [1.807, 2.05) is 6.92 Å². The first-order chi connectivity index (χ1) is 8.11. The average molecular weight is 236 g/mol. The Bertz CT molecular complexity index is 387. The van der Waals surface area contributed by atoms with E-state index in [0.29, 0.717) is 12.3 Å². The molecule has 0 radical (unpaired) electrons. The SMILES string of the molecule is CCOc1ccc(NC(=O)CCC(N)=O)cc1. The number of nitrogens with one attached hydrogen (secondary N) is 1. The lowest BCUT2D eigenvalue weighted by atomic mass is 10.2. The minimum atomic E-state index is -0.480. The smallest absolute Gasteiger partial charge is 0.224 e. The first-order valence-electron chi connectivity index (χ1n) is 5.43. The summed E-state index contributed by atoms with van der Waals surface area (Å²) in [5.74, 6) is 0.0439. The van der Waals surface area contributed by atoms with Crippen LogP contribution in [0.25, 0.3) is 0 Å². The van der Waals surface area contributed by atoms with Crippen LogP contribution in [0.1, 0.15) is 19.8 Å². The second-order valence-electron chi connectivity index (χ2n) is 3.47. The molecule has 0 aliphatic carbocycles. The van der Waals surface area contributed by atoms with Gasteiger partial charge in [0.15, 0.2) is 0 Å². The number of carbonyl (C=O) groups is 2. The van der Waals surface area contributed by atoms with Gasteiger partial charge in [-0.25, -0.2) is 0 Å². The molecule has 0 aliphatic heterocycles. The van der Waals surface area contributed by atoms with Gasteiger partial charge < -0.3 is 15.8 Å². The molecule has 0 atom stereocenters. The van der Waals surface area contributed by atoms with Gasteiger partial charge in [-0.3, -0.25) is 9.59 Å². The molecule has 1 aromatic rings. The third kappa shape index (κ3) is 5.01. The van der Waals surface area contributed by atoms with Crippen molar-refractivity contribution in [1.82, 2.24) is 0 Å². The second kappa shape index (κ2) is 6.52. The van der Waals surface area contributed by atoms with Crippen molar-refractivity contribution in [3.63, 3.8) is 0 Å². The number of anilines is 1.